The lowest BCUT2D eigenvalue weighted by Crippen LogP contribution is -2.70. The lowest BCUT2D eigenvalue weighted by molar-refractivity contribution is -0.259. The van der Waals surface area contributed by atoms with E-state index in [4.69, 9.17) is 18.9 Å². The summed E-state index contributed by atoms with van der Waals surface area (Å²) in [6, 6.07) is 0. The van der Waals surface area contributed by atoms with E-state index in [1.54, 1.807) is 7.11 Å². The summed E-state index contributed by atoms with van der Waals surface area (Å²) in [5.74, 6) is -0.328. The monoisotopic (exact) mass is 298 g/mol. The first-order chi connectivity index (χ1) is 10.1. The van der Waals surface area contributed by atoms with E-state index in [1.807, 2.05) is 0 Å². The van der Waals surface area contributed by atoms with E-state index >= 15 is 0 Å². The molecule has 2 saturated heterocycles. The number of fused-ring (bicyclic) bond motifs is 1. The zero-order chi connectivity index (χ0) is 14.7. The summed E-state index contributed by atoms with van der Waals surface area (Å²) in [5, 5.41) is 10.8. The molecule has 0 radical (unpaired) electrons. The maximum absolute atomic E-state index is 12.3. The van der Waals surface area contributed by atoms with Gasteiger partial charge in [0.1, 0.15) is 5.60 Å². The van der Waals surface area contributed by atoms with Crippen LogP contribution >= 0.6 is 0 Å². The summed E-state index contributed by atoms with van der Waals surface area (Å²) >= 11 is 0. The molecule has 4 bridgehead atoms. The standard InChI is InChI=1S/C15H22O6/c1-18-14-4-2-9-8-10(14)13(17)21-15(14,12(9)16)5-3-11-19-6-7-20-11/h9-12,16H,2-8H2,1H3/t9-,10+,12-,14-,15+/m0/s1. The molecule has 6 heteroatoms. The highest BCUT2D eigenvalue weighted by Crippen LogP contribution is 2.62. The highest BCUT2D eigenvalue weighted by Gasteiger charge is 2.76. The first kappa shape index (κ1) is 13.9. The van der Waals surface area contributed by atoms with Crippen LogP contribution in [0.25, 0.3) is 0 Å². The number of aliphatic hydroxyl groups is 1. The van der Waals surface area contributed by atoms with Gasteiger partial charge in [0.15, 0.2) is 11.9 Å². The predicted molar refractivity (Wildman–Crippen MR) is 70.3 cm³/mol. The Bertz CT molecular complexity index is 447. The molecule has 3 aliphatic carbocycles. The molecule has 5 rings (SSSR count). The summed E-state index contributed by atoms with van der Waals surface area (Å²) in [6.45, 7) is 1.20. The molecule has 21 heavy (non-hydrogen) atoms. The minimum absolute atomic E-state index is 0.129. The number of rotatable bonds is 4. The number of ether oxygens (including phenoxy) is 4. The van der Waals surface area contributed by atoms with Gasteiger partial charge in [0.25, 0.3) is 0 Å². The van der Waals surface area contributed by atoms with Gasteiger partial charge in [0.2, 0.25) is 0 Å². The van der Waals surface area contributed by atoms with Crippen LogP contribution in [0.2, 0.25) is 0 Å². The fourth-order valence-electron chi connectivity index (χ4n) is 5.03. The molecule has 6 nitrogen and oxygen atoms in total. The third kappa shape index (κ3) is 1.64. The average molecular weight is 298 g/mol. The Hall–Kier alpha value is -0.690. The number of aliphatic hydroxyl groups excluding tert-OH is 1. The van der Waals surface area contributed by atoms with Crippen LogP contribution in [-0.4, -0.2) is 55.0 Å². The van der Waals surface area contributed by atoms with Gasteiger partial charge in [-0.2, -0.15) is 0 Å². The number of carbonyl (C=O) groups is 1. The van der Waals surface area contributed by atoms with Crippen LogP contribution in [0.3, 0.4) is 0 Å². The molecular weight excluding hydrogens is 276 g/mol. The van der Waals surface area contributed by atoms with Crippen molar-refractivity contribution in [2.24, 2.45) is 11.8 Å². The van der Waals surface area contributed by atoms with Crippen molar-refractivity contribution >= 4 is 5.97 Å². The third-order valence-electron chi connectivity index (χ3n) is 6.00. The maximum atomic E-state index is 12.3. The van der Waals surface area contributed by atoms with Crippen molar-refractivity contribution in [3.63, 3.8) is 0 Å². The van der Waals surface area contributed by atoms with Crippen LogP contribution < -0.4 is 0 Å². The van der Waals surface area contributed by atoms with Crippen LogP contribution in [0, 0.1) is 11.8 Å². The van der Waals surface area contributed by atoms with Gasteiger partial charge < -0.3 is 24.1 Å². The predicted octanol–water partition coefficient (Wildman–Crippen LogP) is 0.611. The van der Waals surface area contributed by atoms with Crippen LogP contribution in [0.1, 0.15) is 32.1 Å². The summed E-state index contributed by atoms with van der Waals surface area (Å²) in [5.41, 5.74) is -1.61. The molecular formula is C15H22O6. The third-order valence-corrected chi connectivity index (χ3v) is 6.00. The van der Waals surface area contributed by atoms with Crippen LogP contribution in [0.4, 0.5) is 0 Å². The molecule has 3 saturated carbocycles. The van der Waals surface area contributed by atoms with Gasteiger partial charge in [-0.15, -0.1) is 0 Å². The zero-order valence-corrected chi connectivity index (χ0v) is 12.2. The molecule has 5 atom stereocenters. The number of methoxy groups -OCH3 is 1. The Morgan fingerprint density at radius 3 is 2.86 bits per heavy atom. The highest BCUT2D eigenvalue weighted by molar-refractivity contribution is 5.79. The first-order valence-corrected chi connectivity index (χ1v) is 7.82. The topological polar surface area (TPSA) is 74.2 Å². The summed E-state index contributed by atoms with van der Waals surface area (Å²) < 4.78 is 22.5. The van der Waals surface area contributed by atoms with Crippen molar-refractivity contribution in [2.45, 2.75) is 55.7 Å². The number of esters is 1. The lowest BCUT2D eigenvalue weighted by Gasteiger charge is -2.57. The smallest absolute Gasteiger partial charge is 0.312 e. The fourth-order valence-corrected chi connectivity index (χ4v) is 5.03. The minimum atomic E-state index is -0.931. The van der Waals surface area contributed by atoms with Crippen molar-refractivity contribution in [1.82, 2.24) is 0 Å². The second-order valence-electron chi connectivity index (χ2n) is 6.65. The van der Waals surface area contributed by atoms with E-state index in [0.717, 1.165) is 12.8 Å². The van der Waals surface area contributed by atoms with Gasteiger partial charge in [-0.05, 0) is 31.6 Å². The number of hydrogen-bond donors (Lipinski definition) is 1. The van der Waals surface area contributed by atoms with Crippen molar-refractivity contribution in [3.8, 4) is 0 Å². The minimum Gasteiger partial charge on any atom is -0.453 e. The van der Waals surface area contributed by atoms with Gasteiger partial charge in [-0.25, -0.2) is 0 Å². The Morgan fingerprint density at radius 1 is 1.38 bits per heavy atom. The largest absolute Gasteiger partial charge is 0.453 e. The van der Waals surface area contributed by atoms with E-state index in [-0.39, 0.29) is 24.1 Å². The first-order valence-electron chi connectivity index (χ1n) is 7.82. The summed E-state index contributed by atoms with van der Waals surface area (Å²) in [7, 11) is 1.63. The normalized spacial score (nSPS) is 48.9. The molecule has 2 aliphatic heterocycles. The van der Waals surface area contributed by atoms with Gasteiger partial charge in [0.05, 0.1) is 25.2 Å². The summed E-state index contributed by atoms with van der Waals surface area (Å²) in [6.07, 6.45) is 2.54. The molecule has 5 aliphatic rings. The van der Waals surface area contributed by atoms with E-state index in [9.17, 15) is 9.90 Å². The molecule has 0 aromatic carbocycles. The van der Waals surface area contributed by atoms with Crippen molar-refractivity contribution < 1.29 is 28.8 Å². The van der Waals surface area contributed by atoms with Gasteiger partial charge >= 0.3 is 5.97 Å². The van der Waals surface area contributed by atoms with E-state index in [0.29, 0.717) is 32.5 Å². The fraction of sp³-hybridized carbons (Fsp3) is 0.933. The van der Waals surface area contributed by atoms with E-state index < -0.39 is 17.3 Å². The molecule has 5 fully saturated rings. The summed E-state index contributed by atoms with van der Waals surface area (Å²) in [4.78, 5) is 12.3. The van der Waals surface area contributed by atoms with E-state index in [2.05, 4.69) is 0 Å². The molecule has 0 aromatic heterocycles. The van der Waals surface area contributed by atoms with Crippen molar-refractivity contribution in [2.75, 3.05) is 20.3 Å². The van der Waals surface area contributed by atoms with Gasteiger partial charge in [-0.3, -0.25) is 4.79 Å². The van der Waals surface area contributed by atoms with Crippen molar-refractivity contribution in [1.29, 1.82) is 0 Å². The molecule has 0 unspecified atom stereocenters. The molecule has 118 valence electrons. The molecule has 0 amide bonds. The van der Waals surface area contributed by atoms with Gasteiger partial charge in [0, 0.05) is 13.5 Å². The Morgan fingerprint density at radius 2 is 2.14 bits per heavy atom. The van der Waals surface area contributed by atoms with Crippen LogP contribution in [0.5, 0.6) is 0 Å². The zero-order valence-electron chi connectivity index (χ0n) is 12.2. The number of carbonyl (C=O) groups excluding carboxylic acids is 1. The molecule has 2 heterocycles. The van der Waals surface area contributed by atoms with Crippen LogP contribution in [-0.2, 0) is 23.7 Å². The second-order valence-corrected chi connectivity index (χ2v) is 6.65. The maximum Gasteiger partial charge on any atom is 0.312 e. The van der Waals surface area contributed by atoms with Crippen LogP contribution in [0.15, 0.2) is 0 Å². The quantitative estimate of drug-likeness (QED) is 0.767. The Balaban J connectivity index is 1.64. The SMILES string of the molecule is CO[C@@]12CC[C@H]3C[C@@H]1C(=O)O[C@]2(CCC1OCCO1)[C@H]3O. The number of hydrogen-bond acceptors (Lipinski definition) is 6. The molecule has 1 N–H and O–H groups in total. The molecule has 0 aromatic rings. The Kier molecular flexibility index (Phi) is 3.09. The Labute approximate surface area is 123 Å². The second kappa shape index (κ2) is 4.65. The van der Waals surface area contributed by atoms with E-state index in [1.165, 1.54) is 0 Å². The van der Waals surface area contributed by atoms with Gasteiger partial charge in [-0.1, -0.05) is 0 Å². The lowest BCUT2D eigenvalue weighted by atomic mass is 9.53. The average Bonchev–Trinajstić information content (AvgIpc) is 3.08. The van der Waals surface area contributed by atoms with Crippen molar-refractivity contribution in [3.05, 3.63) is 0 Å². The highest BCUT2D eigenvalue weighted by atomic mass is 16.7. The molecule has 0 spiro atoms.